The number of aromatic nitrogens is 3. The number of rotatable bonds is 11. The first kappa shape index (κ1) is 29.9. The Labute approximate surface area is 238 Å². The van der Waals surface area contributed by atoms with E-state index in [4.69, 9.17) is 25.6 Å². The van der Waals surface area contributed by atoms with Gasteiger partial charge in [0.1, 0.15) is 23.2 Å². The van der Waals surface area contributed by atoms with E-state index in [0.717, 1.165) is 16.8 Å². The summed E-state index contributed by atoms with van der Waals surface area (Å²) in [6.45, 7) is 4.46. The standard InChI is InChI=1S/C28H31N7O4.ClH/c1-3-20-22(39-28(37)35(16-14-25(36)38-4-2)24-7-5-6-15-31-24)13-12-21-26(20)34-23(33-21)17-32-19-10-8-18(9-11-19)27(29)30;/h5-13,15,32H,3-4,14,16-17H2,1-2H3,(H3,29,30)(H,33,34);1H. The number of amides is 1. The maximum Gasteiger partial charge on any atom is 0.420 e. The number of nitrogens with one attached hydrogen (secondary N) is 3. The molecule has 0 saturated heterocycles. The summed E-state index contributed by atoms with van der Waals surface area (Å²) in [6.07, 6.45) is 1.50. The van der Waals surface area contributed by atoms with E-state index in [9.17, 15) is 9.59 Å². The van der Waals surface area contributed by atoms with Crippen LogP contribution in [0.15, 0.2) is 60.8 Å². The van der Waals surface area contributed by atoms with E-state index in [1.165, 1.54) is 4.90 Å². The Kier molecular flexibility index (Phi) is 10.4. The number of carbonyl (C=O) groups is 2. The van der Waals surface area contributed by atoms with Crippen LogP contribution in [0.5, 0.6) is 5.75 Å². The lowest BCUT2D eigenvalue weighted by molar-refractivity contribution is -0.142. The van der Waals surface area contributed by atoms with Crippen molar-refractivity contribution in [3.63, 3.8) is 0 Å². The lowest BCUT2D eigenvalue weighted by atomic mass is 10.1. The molecular formula is C28H32ClN7O4. The third-order valence-electron chi connectivity index (χ3n) is 5.96. The predicted octanol–water partition coefficient (Wildman–Crippen LogP) is 4.80. The van der Waals surface area contributed by atoms with E-state index < -0.39 is 12.1 Å². The second kappa shape index (κ2) is 13.9. The number of aromatic amines is 1. The monoisotopic (exact) mass is 565 g/mol. The van der Waals surface area contributed by atoms with Gasteiger partial charge in [0, 0.05) is 29.6 Å². The number of nitrogens with zero attached hydrogens (tertiary/aromatic N) is 3. The highest BCUT2D eigenvalue weighted by Gasteiger charge is 2.23. The number of fused-ring (bicyclic) bond motifs is 1. The van der Waals surface area contributed by atoms with Gasteiger partial charge in [-0.1, -0.05) is 13.0 Å². The van der Waals surface area contributed by atoms with Gasteiger partial charge < -0.3 is 25.5 Å². The van der Waals surface area contributed by atoms with Crippen molar-refractivity contribution >= 4 is 52.8 Å². The Morgan fingerprint density at radius 2 is 1.88 bits per heavy atom. The number of aryl methyl sites for hydroxylation is 1. The molecule has 1 amide bonds. The number of nitrogen functional groups attached to an aromatic ring is 1. The lowest BCUT2D eigenvalue weighted by Crippen LogP contribution is -2.36. The maximum atomic E-state index is 13.3. The van der Waals surface area contributed by atoms with Gasteiger partial charge in [-0.3, -0.25) is 15.1 Å². The molecule has 0 fully saturated rings. The van der Waals surface area contributed by atoms with Crippen LogP contribution in [0.1, 0.15) is 37.2 Å². The van der Waals surface area contributed by atoms with Gasteiger partial charge in [0.15, 0.2) is 0 Å². The first-order chi connectivity index (χ1) is 18.9. The Balaban J connectivity index is 0.00000441. The number of hydrogen-bond donors (Lipinski definition) is 4. The number of amidine groups is 1. The molecular weight excluding hydrogens is 534 g/mol. The van der Waals surface area contributed by atoms with Crippen LogP contribution >= 0.6 is 12.4 Å². The number of nitrogens with two attached hydrogens (primary N) is 1. The lowest BCUT2D eigenvalue weighted by Gasteiger charge is -2.21. The zero-order chi connectivity index (χ0) is 27.8. The molecule has 12 heteroatoms. The van der Waals surface area contributed by atoms with Crippen molar-refractivity contribution < 1.29 is 19.1 Å². The van der Waals surface area contributed by atoms with Crippen molar-refractivity contribution in [3.8, 4) is 5.75 Å². The highest BCUT2D eigenvalue weighted by Crippen LogP contribution is 2.28. The predicted molar refractivity (Wildman–Crippen MR) is 156 cm³/mol. The van der Waals surface area contributed by atoms with Crippen molar-refractivity contribution in [1.82, 2.24) is 15.0 Å². The van der Waals surface area contributed by atoms with Gasteiger partial charge >= 0.3 is 12.1 Å². The molecule has 0 spiro atoms. The van der Waals surface area contributed by atoms with Crippen LogP contribution in [0, 0.1) is 5.41 Å². The first-order valence-corrected chi connectivity index (χ1v) is 12.6. The van der Waals surface area contributed by atoms with E-state index in [-0.39, 0.29) is 37.8 Å². The molecule has 5 N–H and O–H groups in total. The largest absolute Gasteiger partial charge is 0.466 e. The molecule has 0 atom stereocenters. The smallest absolute Gasteiger partial charge is 0.420 e. The average Bonchev–Trinajstić information content (AvgIpc) is 3.36. The van der Waals surface area contributed by atoms with Crippen LogP contribution in [0.2, 0.25) is 0 Å². The highest BCUT2D eigenvalue weighted by molar-refractivity contribution is 5.95. The van der Waals surface area contributed by atoms with Gasteiger partial charge in [0.25, 0.3) is 0 Å². The molecule has 11 nitrogen and oxygen atoms in total. The Hall–Kier alpha value is -4.64. The third-order valence-corrected chi connectivity index (χ3v) is 5.96. The molecule has 2 aromatic heterocycles. The van der Waals surface area contributed by atoms with E-state index in [1.54, 1.807) is 49.5 Å². The normalized spacial score (nSPS) is 10.4. The molecule has 0 saturated carbocycles. The van der Waals surface area contributed by atoms with Gasteiger partial charge in [0.2, 0.25) is 0 Å². The number of anilines is 2. The van der Waals surface area contributed by atoms with Crippen molar-refractivity contribution in [3.05, 3.63) is 77.7 Å². The Bertz CT molecular complexity index is 1460. The van der Waals surface area contributed by atoms with Crippen molar-refractivity contribution in [2.45, 2.75) is 33.2 Å². The fraction of sp³-hybridized carbons (Fsp3) is 0.250. The Morgan fingerprint density at radius 3 is 2.52 bits per heavy atom. The van der Waals surface area contributed by atoms with Crippen molar-refractivity contribution in [2.24, 2.45) is 5.73 Å². The molecule has 4 rings (SSSR count). The molecule has 0 bridgehead atoms. The van der Waals surface area contributed by atoms with Gasteiger partial charge in [-0.25, -0.2) is 14.8 Å². The molecule has 0 unspecified atom stereocenters. The number of carbonyl (C=O) groups excluding carboxylic acids is 2. The molecule has 0 radical (unpaired) electrons. The summed E-state index contributed by atoms with van der Waals surface area (Å²) in [5.41, 5.74) is 9.34. The molecule has 210 valence electrons. The Morgan fingerprint density at radius 1 is 1.10 bits per heavy atom. The third kappa shape index (κ3) is 7.26. The zero-order valence-corrected chi connectivity index (χ0v) is 23.1. The van der Waals surface area contributed by atoms with E-state index in [1.807, 2.05) is 25.1 Å². The summed E-state index contributed by atoms with van der Waals surface area (Å²) < 4.78 is 10.8. The number of H-pyrrole nitrogens is 1. The fourth-order valence-corrected chi connectivity index (χ4v) is 4.04. The molecule has 0 aliphatic heterocycles. The number of imidazole rings is 1. The summed E-state index contributed by atoms with van der Waals surface area (Å²) in [7, 11) is 0. The quantitative estimate of drug-likeness (QED) is 0.115. The fourth-order valence-electron chi connectivity index (χ4n) is 4.04. The SMILES string of the molecule is CCOC(=O)CCN(C(=O)Oc1ccc2[nH]c(CNc3ccc(C(=N)N)cc3)nc2c1CC)c1ccccn1.Cl. The number of halogens is 1. The van der Waals surface area contributed by atoms with Crippen LogP contribution < -0.4 is 20.7 Å². The van der Waals surface area contributed by atoms with Crippen LogP contribution in [0.3, 0.4) is 0 Å². The van der Waals surface area contributed by atoms with Crippen LogP contribution in [-0.2, 0) is 22.5 Å². The molecule has 0 aliphatic rings. The van der Waals surface area contributed by atoms with E-state index in [0.29, 0.717) is 41.4 Å². The van der Waals surface area contributed by atoms with E-state index >= 15 is 0 Å². The van der Waals surface area contributed by atoms with Gasteiger partial charge in [-0.2, -0.15) is 0 Å². The van der Waals surface area contributed by atoms with Crippen LogP contribution in [0.4, 0.5) is 16.3 Å². The number of hydrogen-bond acceptors (Lipinski definition) is 8. The number of ether oxygens (including phenoxy) is 2. The summed E-state index contributed by atoms with van der Waals surface area (Å²) in [6, 6.07) is 16.0. The highest BCUT2D eigenvalue weighted by atomic mass is 35.5. The topological polar surface area (TPSA) is 159 Å². The van der Waals surface area contributed by atoms with Crippen LogP contribution in [0.25, 0.3) is 11.0 Å². The van der Waals surface area contributed by atoms with Crippen molar-refractivity contribution in [1.29, 1.82) is 5.41 Å². The summed E-state index contributed by atoms with van der Waals surface area (Å²) in [4.78, 5) is 38.8. The van der Waals surface area contributed by atoms with E-state index in [2.05, 4.69) is 15.3 Å². The average molecular weight is 566 g/mol. The summed E-state index contributed by atoms with van der Waals surface area (Å²) in [5, 5.41) is 10.8. The zero-order valence-electron chi connectivity index (χ0n) is 22.3. The molecule has 2 heterocycles. The van der Waals surface area contributed by atoms with Crippen LogP contribution in [-0.4, -0.2) is 46.0 Å². The first-order valence-electron chi connectivity index (χ1n) is 12.6. The molecule has 2 aromatic carbocycles. The minimum Gasteiger partial charge on any atom is -0.466 e. The minimum absolute atomic E-state index is 0. The van der Waals surface area contributed by atoms with Gasteiger partial charge in [-0.05, 0) is 61.9 Å². The maximum absolute atomic E-state index is 13.3. The second-order valence-corrected chi connectivity index (χ2v) is 8.58. The van der Waals surface area contributed by atoms with Crippen molar-refractivity contribution in [2.75, 3.05) is 23.4 Å². The number of esters is 1. The molecule has 0 aliphatic carbocycles. The summed E-state index contributed by atoms with van der Waals surface area (Å²) in [5.74, 6) is 1.08. The summed E-state index contributed by atoms with van der Waals surface area (Å²) >= 11 is 0. The molecule has 40 heavy (non-hydrogen) atoms. The van der Waals surface area contributed by atoms with Gasteiger partial charge in [0.05, 0.1) is 30.6 Å². The number of benzene rings is 2. The minimum atomic E-state index is -0.654. The van der Waals surface area contributed by atoms with Gasteiger partial charge in [-0.15, -0.1) is 12.4 Å². The second-order valence-electron chi connectivity index (χ2n) is 8.58. The molecule has 4 aromatic rings. The number of pyridine rings is 1.